The minimum Gasteiger partial charge on any atom is -0.388 e. The van der Waals surface area contributed by atoms with E-state index in [4.69, 9.17) is 9.47 Å². The topological polar surface area (TPSA) is 38.7 Å². The summed E-state index contributed by atoms with van der Waals surface area (Å²) in [6, 6.07) is 0. The van der Waals surface area contributed by atoms with Gasteiger partial charge in [0.05, 0.1) is 11.2 Å². The molecule has 1 saturated carbocycles. The molecule has 0 heterocycles. The molecule has 1 N–H and O–H groups in total. The van der Waals surface area contributed by atoms with Crippen molar-refractivity contribution in [2.45, 2.75) is 90.3 Å². The van der Waals surface area contributed by atoms with Gasteiger partial charge in [0, 0.05) is 6.42 Å². The third kappa shape index (κ3) is 4.57. The van der Waals surface area contributed by atoms with Crippen LogP contribution in [0.2, 0.25) is 0 Å². The van der Waals surface area contributed by atoms with E-state index in [0.717, 1.165) is 25.7 Å². The largest absolute Gasteiger partial charge is 0.388 e. The SMILES string of the molecule is CC(C)(C)OC1(OC(C)(C)C)CCCCC1O. The van der Waals surface area contributed by atoms with Crippen molar-refractivity contribution in [1.82, 2.24) is 0 Å². The number of rotatable bonds is 2. The molecule has 0 aromatic rings. The van der Waals surface area contributed by atoms with Gasteiger partial charge in [-0.05, 0) is 54.4 Å². The maximum absolute atomic E-state index is 10.3. The van der Waals surface area contributed by atoms with E-state index in [1.54, 1.807) is 0 Å². The maximum atomic E-state index is 10.3. The summed E-state index contributed by atoms with van der Waals surface area (Å²) in [6.45, 7) is 12.0. The van der Waals surface area contributed by atoms with E-state index in [9.17, 15) is 5.11 Å². The standard InChI is InChI=1S/C14H28O3/c1-12(2,3)16-14(17-13(4,5)6)10-8-7-9-11(14)15/h11,15H,7-10H2,1-6H3. The lowest BCUT2D eigenvalue weighted by Gasteiger charge is -2.47. The monoisotopic (exact) mass is 244 g/mol. The first kappa shape index (κ1) is 14.9. The molecule has 0 aliphatic heterocycles. The summed E-state index contributed by atoms with van der Waals surface area (Å²) in [5.74, 6) is -0.839. The highest BCUT2D eigenvalue weighted by Gasteiger charge is 2.47. The lowest BCUT2D eigenvalue weighted by molar-refractivity contribution is -0.354. The van der Waals surface area contributed by atoms with Crippen LogP contribution in [0.15, 0.2) is 0 Å². The number of ether oxygens (including phenoxy) is 2. The van der Waals surface area contributed by atoms with Crippen molar-refractivity contribution < 1.29 is 14.6 Å². The van der Waals surface area contributed by atoms with Crippen LogP contribution in [0.4, 0.5) is 0 Å². The molecule has 3 heteroatoms. The molecule has 17 heavy (non-hydrogen) atoms. The fourth-order valence-electron chi connectivity index (χ4n) is 2.39. The van der Waals surface area contributed by atoms with Crippen molar-refractivity contribution >= 4 is 0 Å². The summed E-state index contributed by atoms with van der Waals surface area (Å²) < 4.78 is 12.2. The Morgan fingerprint density at radius 1 is 0.941 bits per heavy atom. The van der Waals surface area contributed by atoms with E-state index < -0.39 is 11.9 Å². The minimum atomic E-state index is -0.839. The summed E-state index contributed by atoms with van der Waals surface area (Å²) in [5, 5.41) is 10.3. The molecule has 0 bridgehead atoms. The van der Waals surface area contributed by atoms with E-state index in [2.05, 4.69) is 0 Å². The molecule has 1 atom stereocenters. The highest BCUT2D eigenvalue weighted by molar-refractivity contribution is 4.88. The second-order valence-electron chi connectivity index (χ2n) is 7.00. The predicted octanol–water partition coefficient (Wildman–Crippen LogP) is 3.25. The van der Waals surface area contributed by atoms with Gasteiger partial charge >= 0.3 is 0 Å². The molecule has 1 rings (SSSR count). The van der Waals surface area contributed by atoms with Gasteiger partial charge in [-0.3, -0.25) is 0 Å². The summed E-state index contributed by atoms with van der Waals surface area (Å²) in [7, 11) is 0. The first-order chi connectivity index (χ1) is 7.54. The van der Waals surface area contributed by atoms with E-state index >= 15 is 0 Å². The van der Waals surface area contributed by atoms with Crippen LogP contribution in [-0.4, -0.2) is 28.2 Å². The van der Waals surface area contributed by atoms with Gasteiger partial charge in [0.25, 0.3) is 0 Å². The second kappa shape index (κ2) is 4.87. The fourth-order valence-corrected chi connectivity index (χ4v) is 2.39. The highest BCUT2D eigenvalue weighted by Crippen LogP contribution is 2.39. The van der Waals surface area contributed by atoms with Crippen molar-refractivity contribution in [2.24, 2.45) is 0 Å². The van der Waals surface area contributed by atoms with E-state index in [1.807, 2.05) is 41.5 Å². The van der Waals surface area contributed by atoms with Crippen LogP contribution >= 0.6 is 0 Å². The molecule has 0 amide bonds. The fraction of sp³-hybridized carbons (Fsp3) is 1.00. The lowest BCUT2D eigenvalue weighted by Crippen LogP contribution is -2.56. The Labute approximate surface area is 105 Å². The second-order valence-corrected chi connectivity index (χ2v) is 7.00. The Balaban J connectivity index is 2.90. The average molecular weight is 244 g/mol. The molecule has 0 aromatic heterocycles. The van der Waals surface area contributed by atoms with Crippen molar-refractivity contribution in [2.75, 3.05) is 0 Å². The van der Waals surface area contributed by atoms with Gasteiger partial charge in [-0.1, -0.05) is 6.42 Å². The molecular weight excluding hydrogens is 216 g/mol. The minimum absolute atomic E-state index is 0.316. The zero-order valence-corrected chi connectivity index (χ0v) is 12.2. The first-order valence-corrected chi connectivity index (χ1v) is 6.63. The smallest absolute Gasteiger partial charge is 0.195 e. The molecule has 1 aliphatic rings. The van der Waals surface area contributed by atoms with Crippen molar-refractivity contribution in [3.8, 4) is 0 Å². The molecule has 1 fully saturated rings. The van der Waals surface area contributed by atoms with Crippen LogP contribution < -0.4 is 0 Å². The molecule has 1 aliphatic carbocycles. The molecule has 1 unspecified atom stereocenters. The van der Waals surface area contributed by atoms with Crippen molar-refractivity contribution in [3.05, 3.63) is 0 Å². The number of hydrogen-bond donors (Lipinski definition) is 1. The zero-order chi connectivity index (χ0) is 13.3. The summed E-state index contributed by atoms with van der Waals surface area (Å²) >= 11 is 0. The van der Waals surface area contributed by atoms with Gasteiger partial charge in [-0.25, -0.2) is 0 Å². The Bertz CT molecular complexity index is 231. The van der Waals surface area contributed by atoms with Crippen LogP contribution in [0.3, 0.4) is 0 Å². The summed E-state index contributed by atoms with van der Waals surface area (Å²) in [5.41, 5.74) is -0.632. The third-order valence-electron chi connectivity index (χ3n) is 2.72. The quantitative estimate of drug-likeness (QED) is 0.758. The number of aliphatic hydroxyl groups is 1. The molecule has 0 saturated heterocycles. The number of aliphatic hydroxyl groups excluding tert-OH is 1. The molecule has 0 spiro atoms. The van der Waals surface area contributed by atoms with Gasteiger partial charge in [0.2, 0.25) is 0 Å². The van der Waals surface area contributed by atoms with Crippen molar-refractivity contribution in [1.29, 1.82) is 0 Å². The van der Waals surface area contributed by atoms with Gasteiger partial charge in [-0.2, -0.15) is 0 Å². The van der Waals surface area contributed by atoms with Crippen LogP contribution in [0, 0.1) is 0 Å². The lowest BCUT2D eigenvalue weighted by atomic mass is 9.89. The Morgan fingerprint density at radius 2 is 1.41 bits per heavy atom. The third-order valence-corrected chi connectivity index (χ3v) is 2.72. The molecule has 3 nitrogen and oxygen atoms in total. The van der Waals surface area contributed by atoms with E-state index in [-0.39, 0.29) is 11.2 Å². The average Bonchev–Trinajstić information content (AvgIpc) is 2.04. The van der Waals surface area contributed by atoms with Gasteiger partial charge in [0.1, 0.15) is 6.10 Å². The number of hydrogen-bond acceptors (Lipinski definition) is 3. The van der Waals surface area contributed by atoms with Crippen LogP contribution in [0.5, 0.6) is 0 Å². The first-order valence-electron chi connectivity index (χ1n) is 6.63. The Hall–Kier alpha value is -0.120. The van der Waals surface area contributed by atoms with Gasteiger partial charge < -0.3 is 14.6 Å². The van der Waals surface area contributed by atoms with Gasteiger partial charge in [0.15, 0.2) is 5.79 Å². The summed E-state index contributed by atoms with van der Waals surface area (Å²) in [4.78, 5) is 0. The maximum Gasteiger partial charge on any atom is 0.195 e. The van der Waals surface area contributed by atoms with Crippen LogP contribution in [0.1, 0.15) is 67.2 Å². The van der Waals surface area contributed by atoms with Crippen LogP contribution in [-0.2, 0) is 9.47 Å². The highest BCUT2D eigenvalue weighted by atomic mass is 16.7. The van der Waals surface area contributed by atoms with E-state index in [0.29, 0.717) is 0 Å². The molecule has 0 radical (unpaired) electrons. The molecule has 102 valence electrons. The Morgan fingerprint density at radius 3 is 1.76 bits per heavy atom. The predicted molar refractivity (Wildman–Crippen MR) is 68.9 cm³/mol. The van der Waals surface area contributed by atoms with E-state index in [1.165, 1.54) is 0 Å². The molecule has 0 aromatic carbocycles. The van der Waals surface area contributed by atoms with Crippen LogP contribution in [0.25, 0.3) is 0 Å². The normalized spacial score (nSPS) is 25.9. The Kier molecular flexibility index (Phi) is 4.28. The zero-order valence-electron chi connectivity index (χ0n) is 12.2. The summed E-state index contributed by atoms with van der Waals surface area (Å²) in [6.07, 6.45) is 3.08. The van der Waals surface area contributed by atoms with Gasteiger partial charge in [-0.15, -0.1) is 0 Å². The van der Waals surface area contributed by atoms with Crippen molar-refractivity contribution in [3.63, 3.8) is 0 Å². The molecular formula is C14H28O3.